The van der Waals surface area contributed by atoms with Crippen LogP contribution < -0.4 is 0 Å². The molecule has 80 valence electrons. The molecule has 1 aliphatic carbocycles. The Morgan fingerprint density at radius 3 is 2.80 bits per heavy atom. The minimum atomic E-state index is 0.0341. The summed E-state index contributed by atoms with van der Waals surface area (Å²) in [6.07, 6.45) is 2.22. The van der Waals surface area contributed by atoms with E-state index in [1.165, 1.54) is 0 Å². The van der Waals surface area contributed by atoms with Crippen molar-refractivity contribution >= 4 is 33.4 Å². The van der Waals surface area contributed by atoms with E-state index in [9.17, 15) is 4.79 Å². The van der Waals surface area contributed by atoms with Crippen LogP contribution in [0.15, 0.2) is 22.7 Å². The highest BCUT2D eigenvalue weighted by Crippen LogP contribution is 2.29. The van der Waals surface area contributed by atoms with Crippen LogP contribution in [-0.4, -0.2) is 23.9 Å². The Bertz CT molecular complexity index is 404. The van der Waals surface area contributed by atoms with Crippen LogP contribution in [0, 0.1) is 0 Å². The lowest BCUT2D eigenvalue weighted by molar-refractivity contribution is 0.0784. The lowest BCUT2D eigenvalue weighted by atomic mass is 10.2. The third kappa shape index (κ3) is 2.34. The van der Waals surface area contributed by atoms with Crippen molar-refractivity contribution in [3.05, 3.63) is 33.3 Å². The summed E-state index contributed by atoms with van der Waals surface area (Å²) in [7, 11) is 1.84. The minimum absolute atomic E-state index is 0.0341. The lowest BCUT2D eigenvalue weighted by Gasteiger charge is -2.17. The van der Waals surface area contributed by atoms with Gasteiger partial charge in [-0.25, -0.2) is 0 Å². The molecule has 1 fully saturated rings. The topological polar surface area (TPSA) is 20.3 Å². The number of hydrogen-bond donors (Lipinski definition) is 0. The zero-order chi connectivity index (χ0) is 11.0. The van der Waals surface area contributed by atoms with Gasteiger partial charge < -0.3 is 4.90 Å². The van der Waals surface area contributed by atoms with Crippen molar-refractivity contribution in [2.45, 2.75) is 18.9 Å². The number of amides is 1. The molecule has 0 bridgehead atoms. The van der Waals surface area contributed by atoms with Gasteiger partial charge in [-0.05, 0) is 47.0 Å². The Balaban J connectivity index is 2.27. The quantitative estimate of drug-likeness (QED) is 0.817. The fourth-order valence-electron chi connectivity index (χ4n) is 1.48. The van der Waals surface area contributed by atoms with Crippen molar-refractivity contribution in [3.63, 3.8) is 0 Å². The molecule has 0 unspecified atom stereocenters. The van der Waals surface area contributed by atoms with Gasteiger partial charge in [-0.3, -0.25) is 4.79 Å². The maximum atomic E-state index is 12.0. The van der Waals surface area contributed by atoms with Crippen LogP contribution in [0.4, 0.5) is 0 Å². The summed E-state index contributed by atoms with van der Waals surface area (Å²) < 4.78 is 0.796. The summed E-state index contributed by atoms with van der Waals surface area (Å²) in [4.78, 5) is 13.8. The molecule has 0 saturated heterocycles. The monoisotopic (exact) mass is 287 g/mol. The molecule has 1 amide bonds. The highest BCUT2D eigenvalue weighted by Gasteiger charge is 2.30. The van der Waals surface area contributed by atoms with Crippen molar-refractivity contribution in [2.24, 2.45) is 0 Å². The van der Waals surface area contributed by atoms with E-state index in [0.29, 0.717) is 16.6 Å². The van der Waals surface area contributed by atoms with Crippen LogP contribution in [0.5, 0.6) is 0 Å². The summed E-state index contributed by atoms with van der Waals surface area (Å²) in [5, 5.41) is 0.589. The fraction of sp³-hybridized carbons (Fsp3) is 0.364. The number of carbonyl (C=O) groups is 1. The first-order valence-electron chi connectivity index (χ1n) is 4.82. The Labute approximate surface area is 102 Å². The average molecular weight is 289 g/mol. The highest BCUT2D eigenvalue weighted by atomic mass is 79.9. The first-order chi connectivity index (χ1) is 7.09. The van der Waals surface area contributed by atoms with Crippen LogP contribution in [0.25, 0.3) is 0 Å². The maximum Gasteiger partial charge on any atom is 0.255 e. The van der Waals surface area contributed by atoms with Gasteiger partial charge >= 0.3 is 0 Å². The molecule has 0 spiro atoms. The van der Waals surface area contributed by atoms with Crippen LogP contribution in [-0.2, 0) is 0 Å². The summed E-state index contributed by atoms with van der Waals surface area (Å²) >= 11 is 9.23. The Morgan fingerprint density at radius 2 is 2.20 bits per heavy atom. The van der Waals surface area contributed by atoms with Gasteiger partial charge in [-0.2, -0.15) is 0 Å². The van der Waals surface area contributed by atoms with E-state index in [-0.39, 0.29) is 5.91 Å². The van der Waals surface area contributed by atoms with E-state index < -0.39 is 0 Å². The second-order valence-corrected chi connectivity index (χ2v) is 5.06. The molecule has 1 aromatic carbocycles. The number of halogens is 2. The average Bonchev–Trinajstić information content (AvgIpc) is 3.03. The van der Waals surface area contributed by atoms with Crippen molar-refractivity contribution < 1.29 is 4.79 Å². The Hall–Kier alpha value is -0.540. The second-order valence-electron chi connectivity index (χ2n) is 3.77. The second kappa shape index (κ2) is 4.14. The summed E-state index contributed by atoms with van der Waals surface area (Å²) in [6, 6.07) is 5.69. The van der Waals surface area contributed by atoms with Gasteiger partial charge in [0.15, 0.2) is 0 Å². The van der Waals surface area contributed by atoms with Crippen molar-refractivity contribution in [2.75, 3.05) is 7.05 Å². The molecule has 2 rings (SSSR count). The molecule has 1 saturated carbocycles. The summed E-state index contributed by atoms with van der Waals surface area (Å²) in [6.45, 7) is 0. The van der Waals surface area contributed by atoms with E-state index in [1.54, 1.807) is 23.1 Å². The molecule has 2 nitrogen and oxygen atoms in total. The first kappa shape index (κ1) is 11.0. The molecule has 0 N–H and O–H groups in total. The molecule has 1 aromatic rings. The van der Waals surface area contributed by atoms with Crippen molar-refractivity contribution in [3.8, 4) is 0 Å². The minimum Gasteiger partial charge on any atom is -0.339 e. The van der Waals surface area contributed by atoms with Crippen LogP contribution in [0.3, 0.4) is 0 Å². The molecule has 1 aliphatic rings. The summed E-state index contributed by atoms with van der Waals surface area (Å²) in [5.74, 6) is 0.0341. The number of hydrogen-bond acceptors (Lipinski definition) is 1. The van der Waals surface area contributed by atoms with Crippen LogP contribution in [0.1, 0.15) is 23.2 Å². The number of carbonyl (C=O) groups excluding carboxylic acids is 1. The Kier molecular flexibility index (Phi) is 3.03. The molecule has 0 heterocycles. The van der Waals surface area contributed by atoms with Gasteiger partial charge in [0.1, 0.15) is 0 Å². The molecule has 15 heavy (non-hydrogen) atoms. The van der Waals surface area contributed by atoms with Gasteiger partial charge in [0.25, 0.3) is 5.91 Å². The smallest absolute Gasteiger partial charge is 0.255 e. The molecule has 0 radical (unpaired) electrons. The first-order valence-corrected chi connectivity index (χ1v) is 5.99. The number of rotatable bonds is 2. The highest BCUT2D eigenvalue weighted by molar-refractivity contribution is 9.10. The standard InChI is InChI=1S/C11H11BrClNO/c1-14(8-3-4-8)11(15)9-6-7(13)2-5-10(9)12/h2,5-6,8H,3-4H2,1H3. The Morgan fingerprint density at radius 1 is 1.53 bits per heavy atom. The lowest BCUT2D eigenvalue weighted by Crippen LogP contribution is -2.28. The predicted octanol–water partition coefficient (Wildman–Crippen LogP) is 3.34. The van der Waals surface area contributed by atoms with Gasteiger partial charge in [0.05, 0.1) is 5.56 Å². The number of nitrogens with zero attached hydrogens (tertiary/aromatic N) is 1. The van der Waals surface area contributed by atoms with Crippen LogP contribution in [0.2, 0.25) is 5.02 Å². The fourth-order valence-corrected chi connectivity index (χ4v) is 2.07. The normalized spacial score (nSPS) is 15.1. The van der Waals surface area contributed by atoms with E-state index in [4.69, 9.17) is 11.6 Å². The van der Waals surface area contributed by atoms with Gasteiger partial charge in [-0.1, -0.05) is 11.6 Å². The molecule has 0 aliphatic heterocycles. The SMILES string of the molecule is CN(C(=O)c1cc(Cl)ccc1Br)C1CC1. The van der Waals surface area contributed by atoms with Gasteiger partial charge in [0.2, 0.25) is 0 Å². The number of benzene rings is 1. The van der Waals surface area contributed by atoms with Crippen molar-refractivity contribution in [1.82, 2.24) is 4.90 Å². The predicted molar refractivity (Wildman–Crippen MR) is 64.3 cm³/mol. The molecule has 4 heteroatoms. The maximum absolute atomic E-state index is 12.0. The van der Waals surface area contributed by atoms with E-state index in [2.05, 4.69) is 15.9 Å². The largest absolute Gasteiger partial charge is 0.339 e. The van der Waals surface area contributed by atoms with E-state index in [0.717, 1.165) is 17.3 Å². The van der Waals surface area contributed by atoms with E-state index >= 15 is 0 Å². The summed E-state index contributed by atoms with van der Waals surface area (Å²) in [5.41, 5.74) is 0.636. The molecule has 0 aromatic heterocycles. The molecular formula is C11H11BrClNO. The molecular weight excluding hydrogens is 277 g/mol. The third-order valence-corrected chi connectivity index (χ3v) is 3.50. The zero-order valence-corrected chi connectivity index (χ0v) is 10.7. The zero-order valence-electron chi connectivity index (χ0n) is 8.34. The molecule has 0 atom stereocenters. The van der Waals surface area contributed by atoms with Gasteiger partial charge in [0, 0.05) is 22.6 Å². The van der Waals surface area contributed by atoms with E-state index in [1.807, 2.05) is 7.05 Å². The van der Waals surface area contributed by atoms with Gasteiger partial charge in [-0.15, -0.1) is 0 Å². The van der Waals surface area contributed by atoms with Crippen LogP contribution >= 0.6 is 27.5 Å². The third-order valence-electron chi connectivity index (χ3n) is 2.57. The van der Waals surface area contributed by atoms with Crippen molar-refractivity contribution in [1.29, 1.82) is 0 Å².